The Labute approximate surface area is 160 Å². The number of rotatable bonds is 5. The topological polar surface area (TPSA) is 56.1 Å². The number of piperidine rings is 1. The Balaban J connectivity index is 1.47. The quantitative estimate of drug-likeness (QED) is 0.806. The molecule has 2 bridgehead atoms. The van der Waals surface area contributed by atoms with Gasteiger partial charge < -0.3 is 5.32 Å². The van der Waals surface area contributed by atoms with E-state index < -0.39 is 0 Å². The van der Waals surface area contributed by atoms with Crippen molar-refractivity contribution < 1.29 is 4.79 Å². The average Bonchev–Trinajstić information content (AvgIpc) is 2.91. The highest BCUT2D eigenvalue weighted by atomic mass is 16.1. The monoisotopic (exact) mass is 359 g/mol. The van der Waals surface area contributed by atoms with Crippen molar-refractivity contribution in [1.82, 2.24) is 4.90 Å². The number of hydrogen-bond donors (Lipinski definition) is 1. The summed E-state index contributed by atoms with van der Waals surface area (Å²) in [6.07, 6.45) is 4.65. The molecule has 4 heteroatoms. The van der Waals surface area contributed by atoms with Crippen LogP contribution in [0, 0.1) is 11.3 Å². The Morgan fingerprint density at radius 1 is 1.15 bits per heavy atom. The van der Waals surface area contributed by atoms with Gasteiger partial charge in [0.2, 0.25) is 0 Å². The molecular formula is C23H25N3O. The molecule has 1 N–H and O–H groups in total. The normalized spacial score (nSPS) is 24.4. The van der Waals surface area contributed by atoms with Crippen molar-refractivity contribution in [1.29, 1.82) is 5.26 Å². The van der Waals surface area contributed by atoms with E-state index in [1.807, 2.05) is 6.07 Å². The highest BCUT2D eigenvalue weighted by Crippen LogP contribution is 2.38. The number of carbonyl (C=O) groups is 1. The van der Waals surface area contributed by atoms with E-state index in [-0.39, 0.29) is 5.78 Å². The molecule has 2 saturated heterocycles. The van der Waals surface area contributed by atoms with Gasteiger partial charge in [-0.05, 0) is 56.4 Å². The molecule has 0 radical (unpaired) electrons. The number of nitrogens with zero attached hydrogens (tertiary/aromatic N) is 2. The predicted molar refractivity (Wildman–Crippen MR) is 107 cm³/mol. The lowest BCUT2D eigenvalue weighted by atomic mass is 9.95. The molecule has 4 rings (SSSR count). The first-order valence-corrected chi connectivity index (χ1v) is 9.75. The fourth-order valence-electron chi connectivity index (χ4n) is 4.64. The van der Waals surface area contributed by atoms with Gasteiger partial charge in [0.25, 0.3) is 0 Å². The van der Waals surface area contributed by atoms with Crippen molar-refractivity contribution in [2.45, 2.75) is 57.3 Å². The largest absolute Gasteiger partial charge is 0.381 e. The lowest BCUT2D eigenvalue weighted by Gasteiger charge is -2.39. The standard InChI is InChI=1S/C23H25N3O/c1-16(27)18-7-8-19(14-24)23(11-18)25-20-12-21-9-10-22(13-20)26(21)15-17-5-3-2-4-6-17/h2-8,11,20-22,25H,9-10,12-13,15H2,1H3. The summed E-state index contributed by atoms with van der Waals surface area (Å²) in [5, 5.41) is 13.0. The van der Waals surface area contributed by atoms with Gasteiger partial charge >= 0.3 is 0 Å². The number of hydrogen-bond acceptors (Lipinski definition) is 4. The molecule has 0 saturated carbocycles. The van der Waals surface area contributed by atoms with Crippen LogP contribution in [0.4, 0.5) is 5.69 Å². The third kappa shape index (κ3) is 3.74. The van der Waals surface area contributed by atoms with Gasteiger partial charge in [-0.25, -0.2) is 0 Å². The van der Waals surface area contributed by atoms with Gasteiger partial charge in [-0.1, -0.05) is 30.3 Å². The summed E-state index contributed by atoms with van der Waals surface area (Å²) in [7, 11) is 0. The van der Waals surface area contributed by atoms with Gasteiger partial charge in [-0.15, -0.1) is 0 Å². The summed E-state index contributed by atoms with van der Waals surface area (Å²) in [5.41, 5.74) is 3.44. The molecule has 2 aliphatic rings. The highest BCUT2D eigenvalue weighted by molar-refractivity contribution is 5.95. The molecule has 0 spiro atoms. The molecule has 0 aliphatic carbocycles. The zero-order chi connectivity index (χ0) is 18.8. The minimum atomic E-state index is 0.0280. The van der Waals surface area contributed by atoms with Crippen LogP contribution in [0.5, 0.6) is 0 Å². The van der Waals surface area contributed by atoms with Crippen LogP contribution in [-0.4, -0.2) is 28.8 Å². The number of ketones is 1. The number of benzene rings is 2. The average molecular weight is 359 g/mol. The predicted octanol–water partition coefficient (Wildman–Crippen LogP) is 4.37. The number of nitriles is 1. The second-order valence-electron chi connectivity index (χ2n) is 7.78. The van der Waals surface area contributed by atoms with Gasteiger partial charge in [-0.2, -0.15) is 5.26 Å². The number of anilines is 1. The molecule has 27 heavy (non-hydrogen) atoms. The van der Waals surface area contributed by atoms with Crippen LogP contribution in [0.2, 0.25) is 0 Å². The van der Waals surface area contributed by atoms with E-state index in [9.17, 15) is 10.1 Å². The second-order valence-corrected chi connectivity index (χ2v) is 7.78. The fourth-order valence-corrected chi connectivity index (χ4v) is 4.64. The summed E-state index contributed by atoms with van der Waals surface area (Å²) in [6, 6.07) is 19.8. The maximum atomic E-state index is 11.7. The molecule has 2 aromatic carbocycles. The van der Waals surface area contributed by atoms with E-state index in [2.05, 4.69) is 46.6 Å². The lowest BCUT2D eigenvalue weighted by Crippen LogP contribution is -2.46. The molecule has 2 fully saturated rings. The first-order chi connectivity index (χ1) is 13.1. The zero-order valence-corrected chi connectivity index (χ0v) is 15.7. The van der Waals surface area contributed by atoms with Crippen LogP contribution in [0.3, 0.4) is 0 Å². The number of nitrogens with one attached hydrogen (secondary N) is 1. The maximum absolute atomic E-state index is 11.7. The summed E-state index contributed by atoms with van der Waals surface area (Å²) in [4.78, 5) is 14.4. The van der Waals surface area contributed by atoms with E-state index in [4.69, 9.17) is 0 Å². The highest BCUT2D eigenvalue weighted by Gasteiger charge is 2.40. The van der Waals surface area contributed by atoms with E-state index in [1.54, 1.807) is 19.1 Å². The van der Waals surface area contributed by atoms with Crippen molar-refractivity contribution >= 4 is 11.5 Å². The molecule has 2 aromatic rings. The van der Waals surface area contributed by atoms with E-state index in [0.717, 1.165) is 25.1 Å². The first-order valence-electron chi connectivity index (χ1n) is 9.75. The smallest absolute Gasteiger partial charge is 0.159 e. The van der Waals surface area contributed by atoms with Crippen LogP contribution in [0.15, 0.2) is 48.5 Å². The Morgan fingerprint density at radius 3 is 2.48 bits per heavy atom. The third-order valence-corrected chi connectivity index (χ3v) is 6.00. The van der Waals surface area contributed by atoms with Gasteiger partial charge in [0, 0.05) is 30.2 Å². The van der Waals surface area contributed by atoms with Crippen LogP contribution < -0.4 is 5.32 Å². The molecule has 0 amide bonds. The first kappa shape index (κ1) is 17.8. The molecule has 4 nitrogen and oxygen atoms in total. The number of fused-ring (bicyclic) bond motifs is 2. The number of carbonyl (C=O) groups excluding carboxylic acids is 1. The van der Waals surface area contributed by atoms with Crippen molar-refractivity contribution in [3.63, 3.8) is 0 Å². The Kier molecular flexibility index (Phi) is 4.96. The van der Waals surface area contributed by atoms with Gasteiger partial charge in [-0.3, -0.25) is 9.69 Å². The van der Waals surface area contributed by atoms with Crippen LogP contribution in [0.1, 0.15) is 54.1 Å². The molecule has 0 aromatic heterocycles. The lowest BCUT2D eigenvalue weighted by molar-refractivity contribution is 0.101. The van der Waals surface area contributed by atoms with Crippen molar-refractivity contribution in [2.24, 2.45) is 0 Å². The molecule has 2 heterocycles. The number of Topliss-reactive ketones (excluding diaryl/α,β-unsaturated/α-hetero) is 1. The minimum absolute atomic E-state index is 0.0280. The third-order valence-electron chi connectivity index (χ3n) is 6.00. The molecular weight excluding hydrogens is 334 g/mol. The summed E-state index contributed by atoms with van der Waals surface area (Å²) >= 11 is 0. The van der Waals surface area contributed by atoms with Gasteiger partial charge in [0.05, 0.1) is 11.3 Å². The molecule has 2 aliphatic heterocycles. The van der Waals surface area contributed by atoms with Crippen molar-refractivity contribution in [3.8, 4) is 6.07 Å². The van der Waals surface area contributed by atoms with Crippen molar-refractivity contribution in [3.05, 3.63) is 65.2 Å². The van der Waals surface area contributed by atoms with Crippen molar-refractivity contribution in [2.75, 3.05) is 5.32 Å². The van der Waals surface area contributed by atoms with Gasteiger partial charge in [0.15, 0.2) is 5.78 Å². The maximum Gasteiger partial charge on any atom is 0.159 e. The fraction of sp³-hybridized carbons (Fsp3) is 0.391. The molecule has 2 unspecified atom stereocenters. The Morgan fingerprint density at radius 2 is 1.85 bits per heavy atom. The molecule has 2 atom stereocenters. The summed E-state index contributed by atoms with van der Waals surface area (Å²) < 4.78 is 0. The second kappa shape index (κ2) is 7.54. The van der Waals surface area contributed by atoms with Crippen LogP contribution >= 0.6 is 0 Å². The van der Waals surface area contributed by atoms with Crippen LogP contribution in [-0.2, 0) is 6.54 Å². The SMILES string of the molecule is CC(=O)c1ccc(C#N)c(NC2CC3CCC(C2)N3Cc2ccccc2)c1. The summed E-state index contributed by atoms with van der Waals surface area (Å²) in [5.74, 6) is 0.0280. The molecule has 138 valence electrons. The zero-order valence-electron chi connectivity index (χ0n) is 15.7. The van der Waals surface area contributed by atoms with Crippen LogP contribution in [0.25, 0.3) is 0 Å². The summed E-state index contributed by atoms with van der Waals surface area (Å²) in [6.45, 7) is 2.58. The Hall–Kier alpha value is -2.64. The minimum Gasteiger partial charge on any atom is -0.381 e. The Bertz CT molecular complexity index is 857. The van der Waals surface area contributed by atoms with Gasteiger partial charge in [0.1, 0.15) is 6.07 Å². The van der Waals surface area contributed by atoms with E-state index in [1.165, 1.54) is 18.4 Å². The van der Waals surface area contributed by atoms with E-state index in [0.29, 0.717) is 29.3 Å². The van der Waals surface area contributed by atoms with E-state index >= 15 is 0 Å².